The van der Waals surface area contributed by atoms with Crippen molar-refractivity contribution in [3.63, 3.8) is 0 Å². The first kappa shape index (κ1) is 19.2. The maximum absolute atomic E-state index is 12.1. The van der Waals surface area contributed by atoms with Gasteiger partial charge < -0.3 is 10.1 Å². The van der Waals surface area contributed by atoms with Crippen molar-refractivity contribution in [2.45, 2.75) is 11.4 Å². The molecule has 0 bridgehead atoms. The van der Waals surface area contributed by atoms with E-state index in [9.17, 15) is 9.59 Å². The van der Waals surface area contributed by atoms with Crippen molar-refractivity contribution >= 4 is 39.3 Å². The number of rotatable bonds is 7. The number of carbonyl (C=O) groups is 1. The lowest BCUT2D eigenvalue weighted by atomic mass is 10.3. The third-order valence-corrected chi connectivity index (χ3v) is 5.38. The number of hydrogen-bond acceptors (Lipinski definition) is 5. The molecule has 9 heteroatoms. The number of halogens is 1. The van der Waals surface area contributed by atoms with Crippen LogP contribution in [0.3, 0.4) is 0 Å². The van der Waals surface area contributed by atoms with Gasteiger partial charge in [-0.1, -0.05) is 12.1 Å². The maximum atomic E-state index is 12.1. The fourth-order valence-electron chi connectivity index (χ4n) is 2.30. The molecule has 140 valence electrons. The second-order valence-electron chi connectivity index (χ2n) is 5.45. The first-order valence-electron chi connectivity index (χ1n) is 8.03. The Balaban J connectivity index is 1.63. The molecule has 0 saturated carbocycles. The summed E-state index contributed by atoms with van der Waals surface area (Å²) < 4.78 is 12.4. The van der Waals surface area contributed by atoms with E-state index >= 15 is 0 Å². The Hall–Kier alpha value is -2.52. The molecule has 27 heavy (non-hydrogen) atoms. The van der Waals surface area contributed by atoms with Crippen LogP contribution in [0.1, 0.15) is 6.42 Å². The number of nitrogens with zero attached hydrogens (tertiary/aromatic N) is 1. The lowest BCUT2D eigenvalue weighted by Crippen LogP contribution is -2.36. The summed E-state index contributed by atoms with van der Waals surface area (Å²) in [5.41, 5.74) is 0.950. The molecule has 1 aromatic heterocycles. The van der Waals surface area contributed by atoms with Gasteiger partial charge in [0, 0.05) is 28.8 Å². The monoisotopic (exact) mass is 450 g/mol. The smallest absolute Gasteiger partial charge is 0.442 e. The van der Waals surface area contributed by atoms with Crippen molar-refractivity contribution in [1.82, 2.24) is 5.27 Å². The zero-order valence-corrected chi connectivity index (χ0v) is 16.8. The average molecular weight is 451 g/mol. The Morgan fingerprint density at radius 1 is 1.26 bits per heavy atom. The molecule has 0 radical (unpaired) electrons. The summed E-state index contributed by atoms with van der Waals surface area (Å²) in [4.78, 5) is 24.1. The zero-order valence-electron chi connectivity index (χ0n) is 14.4. The molecule has 3 rings (SSSR count). The highest BCUT2D eigenvalue weighted by Gasteiger charge is 2.24. The van der Waals surface area contributed by atoms with E-state index in [0.29, 0.717) is 22.2 Å². The van der Waals surface area contributed by atoms with E-state index in [2.05, 4.69) is 26.5 Å². The fraction of sp³-hybridized carbons (Fsp3) is 0.167. The number of aromatic amines is 1. The molecule has 7 nitrogen and oxygen atoms in total. The summed E-state index contributed by atoms with van der Waals surface area (Å²) in [7, 11) is 1.59. The van der Waals surface area contributed by atoms with Crippen LogP contribution < -0.4 is 20.4 Å². The Labute approximate surface area is 167 Å². The second kappa shape index (κ2) is 8.92. The van der Waals surface area contributed by atoms with Gasteiger partial charge in [0.25, 0.3) is 0 Å². The number of para-hydroxylation sites is 1. The number of H-pyrrole nitrogens is 1. The van der Waals surface area contributed by atoms with E-state index in [1.165, 1.54) is 16.4 Å². The van der Waals surface area contributed by atoms with Crippen LogP contribution in [0, 0.1) is 0 Å². The fourth-order valence-corrected chi connectivity index (χ4v) is 3.60. The van der Waals surface area contributed by atoms with Gasteiger partial charge in [0.05, 0.1) is 12.8 Å². The number of carbonyl (C=O) groups excluding carboxylic acids is 1. The van der Waals surface area contributed by atoms with Crippen LogP contribution in [-0.4, -0.2) is 24.0 Å². The minimum atomic E-state index is -0.484. The van der Waals surface area contributed by atoms with Crippen LogP contribution in [0.2, 0.25) is 0 Å². The summed E-state index contributed by atoms with van der Waals surface area (Å²) in [5.74, 6) is 1.00. The molecule has 0 atom stereocenters. The quantitative estimate of drug-likeness (QED) is 0.426. The molecule has 0 spiro atoms. The molecule has 0 saturated heterocycles. The van der Waals surface area contributed by atoms with Crippen LogP contribution in [0.4, 0.5) is 5.69 Å². The third kappa shape index (κ3) is 4.81. The number of anilines is 1. The normalized spacial score (nSPS) is 10.6. The molecule has 0 aliphatic carbocycles. The number of aromatic nitrogens is 2. The zero-order chi connectivity index (χ0) is 19.2. The average Bonchev–Trinajstić information content (AvgIpc) is 3.04. The summed E-state index contributed by atoms with van der Waals surface area (Å²) in [6, 6.07) is 14.6. The van der Waals surface area contributed by atoms with E-state index in [1.54, 1.807) is 31.4 Å². The third-order valence-electron chi connectivity index (χ3n) is 3.65. The van der Waals surface area contributed by atoms with Crippen LogP contribution in [-0.2, 0) is 4.79 Å². The van der Waals surface area contributed by atoms with E-state index in [0.717, 1.165) is 10.2 Å². The molecular weight excluding hydrogens is 434 g/mol. The minimum absolute atomic E-state index is 0.134. The van der Waals surface area contributed by atoms with Gasteiger partial charge >= 0.3 is 10.7 Å². The SMILES string of the molecule is COc1ccc(-[n+]2[nH]oc(=O)c2SCCC(=O)Nc2ccccc2Br)cc1. The lowest BCUT2D eigenvalue weighted by Gasteiger charge is -2.06. The van der Waals surface area contributed by atoms with Gasteiger partial charge in [-0.2, -0.15) is 0 Å². The summed E-state index contributed by atoms with van der Waals surface area (Å²) in [6.07, 6.45) is 0.249. The van der Waals surface area contributed by atoms with Crippen molar-refractivity contribution in [3.05, 3.63) is 63.4 Å². The molecule has 0 aliphatic rings. The van der Waals surface area contributed by atoms with Crippen LogP contribution in [0.25, 0.3) is 5.69 Å². The number of ether oxygens (including phenoxy) is 1. The molecule has 1 amide bonds. The molecule has 0 unspecified atom stereocenters. The maximum Gasteiger partial charge on any atom is 0.442 e. The van der Waals surface area contributed by atoms with Crippen molar-refractivity contribution in [3.8, 4) is 11.4 Å². The van der Waals surface area contributed by atoms with Gasteiger partial charge in [0.2, 0.25) is 11.6 Å². The molecular formula is C18H17BrN3O4S+. The first-order chi connectivity index (χ1) is 13.1. The molecule has 0 fully saturated rings. The number of thioether (sulfide) groups is 1. The summed E-state index contributed by atoms with van der Waals surface area (Å²) in [5, 5.41) is 5.78. The number of nitrogens with one attached hydrogen (secondary N) is 2. The Morgan fingerprint density at radius 3 is 2.70 bits per heavy atom. The van der Waals surface area contributed by atoms with E-state index in [1.807, 2.05) is 24.3 Å². The number of hydrogen-bond donors (Lipinski definition) is 2. The number of benzene rings is 2. The van der Waals surface area contributed by atoms with E-state index in [4.69, 9.17) is 9.26 Å². The Bertz CT molecular complexity index is 985. The van der Waals surface area contributed by atoms with Gasteiger partial charge in [0.15, 0.2) is 0 Å². The predicted octanol–water partition coefficient (Wildman–Crippen LogP) is 3.14. The van der Waals surface area contributed by atoms with E-state index in [-0.39, 0.29) is 12.3 Å². The van der Waals surface area contributed by atoms with Crippen LogP contribution >= 0.6 is 27.7 Å². The van der Waals surface area contributed by atoms with Gasteiger partial charge in [-0.3, -0.25) is 9.32 Å². The summed E-state index contributed by atoms with van der Waals surface area (Å²) >= 11 is 4.64. The number of amides is 1. The predicted molar refractivity (Wildman–Crippen MR) is 106 cm³/mol. The highest BCUT2D eigenvalue weighted by Crippen LogP contribution is 2.22. The molecule has 0 aliphatic heterocycles. The minimum Gasteiger partial charge on any atom is -0.497 e. The highest BCUT2D eigenvalue weighted by atomic mass is 79.9. The molecule has 3 aromatic rings. The Morgan fingerprint density at radius 2 is 2.00 bits per heavy atom. The van der Waals surface area contributed by atoms with Crippen molar-refractivity contribution < 1.29 is 18.7 Å². The lowest BCUT2D eigenvalue weighted by molar-refractivity contribution is -0.704. The van der Waals surface area contributed by atoms with Crippen molar-refractivity contribution in [2.75, 3.05) is 18.2 Å². The topological polar surface area (TPSA) is 88.2 Å². The van der Waals surface area contributed by atoms with Crippen LogP contribution in [0.15, 0.2) is 67.3 Å². The molecule has 2 aromatic carbocycles. The van der Waals surface area contributed by atoms with Gasteiger partial charge in [-0.15, -0.1) is 0 Å². The molecule has 1 heterocycles. The van der Waals surface area contributed by atoms with Crippen LogP contribution in [0.5, 0.6) is 5.75 Å². The highest BCUT2D eigenvalue weighted by molar-refractivity contribution is 9.10. The van der Waals surface area contributed by atoms with Crippen molar-refractivity contribution in [2.24, 2.45) is 0 Å². The first-order valence-corrected chi connectivity index (χ1v) is 9.81. The number of methoxy groups -OCH3 is 1. The Kier molecular flexibility index (Phi) is 6.36. The standard InChI is InChI=1S/C18H16BrN3O4S/c1-25-13-8-6-12(7-9-13)22-17(18(24)26-21-22)27-11-10-16(23)20-15-5-3-2-4-14(15)19/h2-9H,10-11H2,1H3,(H-,20,21,23,24)/p+1. The van der Waals surface area contributed by atoms with Gasteiger partial charge in [-0.25, -0.2) is 4.79 Å². The second-order valence-corrected chi connectivity index (χ2v) is 7.38. The largest absolute Gasteiger partial charge is 0.497 e. The van der Waals surface area contributed by atoms with E-state index < -0.39 is 5.63 Å². The molecule has 2 N–H and O–H groups in total. The van der Waals surface area contributed by atoms with Crippen molar-refractivity contribution in [1.29, 1.82) is 0 Å². The van der Waals surface area contributed by atoms with Gasteiger partial charge in [0.1, 0.15) is 5.75 Å². The summed E-state index contributed by atoms with van der Waals surface area (Å²) in [6.45, 7) is 0. The van der Waals surface area contributed by atoms with Gasteiger partial charge in [-0.05, 0) is 61.9 Å².